The first-order chi connectivity index (χ1) is 8.15. The lowest BCUT2D eigenvalue weighted by molar-refractivity contribution is -0.127. The molecule has 2 heteroatoms. The van der Waals surface area contributed by atoms with Crippen molar-refractivity contribution < 1.29 is 4.79 Å². The average Bonchev–Trinajstić information content (AvgIpc) is 2.79. The van der Waals surface area contributed by atoms with Gasteiger partial charge in [0.1, 0.15) is 0 Å². The van der Waals surface area contributed by atoms with Crippen LogP contribution in [0.1, 0.15) is 58.8 Å². The number of hydrogen-bond acceptors (Lipinski definition) is 2. The third kappa shape index (κ3) is 2.62. The molecule has 0 amide bonds. The predicted molar refractivity (Wildman–Crippen MR) is 71.1 cm³/mol. The van der Waals surface area contributed by atoms with Gasteiger partial charge in [-0.3, -0.25) is 9.69 Å². The summed E-state index contributed by atoms with van der Waals surface area (Å²) < 4.78 is 0. The van der Waals surface area contributed by atoms with Crippen molar-refractivity contribution in [2.45, 2.75) is 64.3 Å². The van der Waals surface area contributed by atoms with Gasteiger partial charge in [0.25, 0.3) is 0 Å². The monoisotopic (exact) mass is 235 g/mol. The number of carbonyl (C=O) groups is 1. The van der Waals surface area contributed by atoms with Gasteiger partial charge in [-0.2, -0.15) is 0 Å². The molecule has 0 aromatic rings. The molecular formula is C15H25NO. The van der Waals surface area contributed by atoms with E-state index in [9.17, 15) is 4.79 Å². The second kappa shape index (κ2) is 5.34. The fourth-order valence-corrected chi connectivity index (χ4v) is 3.40. The van der Waals surface area contributed by atoms with Gasteiger partial charge in [0.05, 0.1) is 5.54 Å². The summed E-state index contributed by atoms with van der Waals surface area (Å²) in [6, 6.07) is 0. The summed E-state index contributed by atoms with van der Waals surface area (Å²) in [7, 11) is 0. The third-order valence-corrected chi connectivity index (χ3v) is 4.27. The van der Waals surface area contributed by atoms with E-state index in [0.717, 1.165) is 31.5 Å². The number of rotatable bonds is 3. The van der Waals surface area contributed by atoms with Gasteiger partial charge in [-0.15, -0.1) is 0 Å². The van der Waals surface area contributed by atoms with Gasteiger partial charge in [-0.1, -0.05) is 24.8 Å². The van der Waals surface area contributed by atoms with Crippen LogP contribution in [0, 0.1) is 0 Å². The molecule has 1 saturated heterocycles. The zero-order valence-electron chi connectivity index (χ0n) is 11.3. The van der Waals surface area contributed by atoms with E-state index >= 15 is 0 Å². The Morgan fingerprint density at radius 1 is 1.00 bits per heavy atom. The lowest BCUT2D eigenvalue weighted by Gasteiger charge is -2.41. The molecule has 2 nitrogen and oxygen atoms in total. The number of likely N-dealkylation sites (tertiary alicyclic amines) is 1. The number of hydrogen-bond donors (Lipinski definition) is 0. The molecule has 0 radical (unpaired) electrons. The number of ketones is 1. The molecule has 1 aliphatic heterocycles. The summed E-state index contributed by atoms with van der Waals surface area (Å²) in [5.74, 6) is 0.372. The standard InChI is InChI=1S/C15H25NO/c1-13(2)12-14(17)15(8-4-5-9-15)16-10-6-3-7-11-16/h12H,3-11H2,1-2H3. The second-order valence-electron chi connectivity index (χ2n) is 5.87. The summed E-state index contributed by atoms with van der Waals surface area (Å²) in [4.78, 5) is 15.1. The number of allylic oxidation sites excluding steroid dienone is 1. The van der Waals surface area contributed by atoms with Crippen LogP contribution in [-0.2, 0) is 4.79 Å². The Morgan fingerprint density at radius 3 is 2.12 bits per heavy atom. The van der Waals surface area contributed by atoms with Crippen molar-refractivity contribution in [3.8, 4) is 0 Å². The fourth-order valence-electron chi connectivity index (χ4n) is 3.40. The molecule has 96 valence electrons. The maximum Gasteiger partial charge on any atom is 0.175 e. The minimum Gasteiger partial charge on any atom is -0.293 e. The fraction of sp³-hybridized carbons (Fsp3) is 0.800. The van der Waals surface area contributed by atoms with Crippen molar-refractivity contribution in [1.29, 1.82) is 0 Å². The van der Waals surface area contributed by atoms with E-state index < -0.39 is 0 Å². The van der Waals surface area contributed by atoms with Crippen LogP contribution in [0.15, 0.2) is 11.6 Å². The number of piperidine rings is 1. The summed E-state index contributed by atoms with van der Waals surface area (Å²) in [5, 5.41) is 0. The zero-order chi connectivity index (χ0) is 12.3. The topological polar surface area (TPSA) is 20.3 Å². The Balaban J connectivity index is 2.19. The molecule has 1 saturated carbocycles. The molecule has 0 N–H and O–H groups in total. The van der Waals surface area contributed by atoms with Crippen molar-refractivity contribution in [3.63, 3.8) is 0 Å². The predicted octanol–water partition coefficient (Wildman–Crippen LogP) is 3.32. The van der Waals surface area contributed by atoms with Crippen molar-refractivity contribution in [1.82, 2.24) is 4.90 Å². The molecule has 0 aromatic heterocycles. The molecule has 0 spiro atoms. The van der Waals surface area contributed by atoms with E-state index in [1.165, 1.54) is 32.1 Å². The van der Waals surface area contributed by atoms with Gasteiger partial charge >= 0.3 is 0 Å². The first-order valence-electron chi connectivity index (χ1n) is 7.09. The highest BCUT2D eigenvalue weighted by molar-refractivity contribution is 5.98. The Hall–Kier alpha value is -0.630. The number of nitrogens with zero attached hydrogens (tertiary/aromatic N) is 1. The molecule has 2 fully saturated rings. The maximum absolute atomic E-state index is 12.6. The Bertz CT molecular complexity index is 303. The van der Waals surface area contributed by atoms with Crippen LogP contribution < -0.4 is 0 Å². The van der Waals surface area contributed by atoms with Crippen LogP contribution in [0.4, 0.5) is 0 Å². The van der Waals surface area contributed by atoms with Gasteiger partial charge in [0.2, 0.25) is 0 Å². The van der Waals surface area contributed by atoms with E-state index in [4.69, 9.17) is 0 Å². The minimum absolute atomic E-state index is 0.127. The zero-order valence-corrected chi connectivity index (χ0v) is 11.3. The molecule has 2 rings (SSSR count). The van der Waals surface area contributed by atoms with E-state index in [2.05, 4.69) is 4.90 Å². The molecule has 0 aromatic carbocycles. The maximum atomic E-state index is 12.6. The van der Waals surface area contributed by atoms with Crippen LogP contribution in [0.2, 0.25) is 0 Å². The third-order valence-electron chi connectivity index (χ3n) is 4.27. The van der Waals surface area contributed by atoms with E-state index in [-0.39, 0.29) is 5.54 Å². The molecule has 0 bridgehead atoms. The van der Waals surface area contributed by atoms with Gasteiger partial charge < -0.3 is 0 Å². The van der Waals surface area contributed by atoms with Crippen LogP contribution in [0.25, 0.3) is 0 Å². The quantitative estimate of drug-likeness (QED) is 0.699. The summed E-state index contributed by atoms with van der Waals surface area (Å²) in [6.45, 7) is 6.30. The molecule has 2 aliphatic rings. The van der Waals surface area contributed by atoms with Crippen molar-refractivity contribution in [2.24, 2.45) is 0 Å². The van der Waals surface area contributed by atoms with Gasteiger partial charge in [-0.25, -0.2) is 0 Å². The lowest BCUT2D eigenvalue weighted by atomic mass is 9.87. The van der Waals surface area contributed by atoms with Crippen molar-refractivity contribution in [3.05, 3.63) is 11.6 Å². The summed E-state index contributed by atoms with van der Waals surface area (Å²) >= 11 is 0. The highest BCUT2D eigenvalue weighted by Gasteiger charge is 2.44. The van der Waals surface area contributed by atoms with Crippen LogP contribution in [-0.4, -0.2) is 29.3 Å². The molecule has 1 heterocycles. The van der Waals surface area contributed by atoms with E-state index in [1.807, 2.05) is 19.9 Å². The molecule has 0 unspecified atom stereocenters. The lowest BCUT2D eigenvalue weighted by Crippen LogP contribution is -2.54. The largest absolute Gasteiger partial charge is 0.293 e. The SMILES string of the molecule is CC(C)=CC(=O)C1(N2CCCCC2)CCCC1. The molecule has 0 atom stereocenters. The summed E-state index contributed by atoms with van der Waals surface area (Å²) in [6.07, 6.45) is 10.3. The van der Waals surface area contributed by atoms with Crippen LogP contribution in [0.3, 0.4) is 0 Å². The molecule has 1 aliphatic carbocycles. The highest BCUT2D eigenvalue weighted by atomic mass is 16.1. The second-order valence-corrected chi connectivity index (χ2v) is 5.87. The van der Waals surface area contributed by atoms with Crippen molar-refractivity contribution in [2.75, 3.05) is 13.1 Å². The Morgan fingerprint density at radius 2 is 1.59 bits per heavy atom. The van der Waals surface area contributed by atoms with Gasteiger partial charge in [0.15, 0.2) is 5.78 Å². The first kappa shape index (κ1) is 12.8. The van der Waals surface area contributed by atoms with E-state index in [0.29, 0.717) is 5.78 Å². The van der Waals surface area contributed by atoms with Crippen molar-refractivity contribution >= 4 is 5.78 Å². The molecule has 17 heavy (non-hydrogen) atoms. The smallest absolute Gasteiger partial charge is 0.175 e. The molecular weight excluding hydrogens is 210 g/mol. The minimum atomic E-state index is -0.127. The van der Waals surface area contributed by atoms with E-state index in [1.54, 1.807) is 0 Å². The first-order valence-corrected chi connectivity index (χ1v) is 7.09. The average molecular weight is 235 g/mol. The van der Waals surface area contributed by atoms with Crippen LogP contribution in [0.5, 0.6) is 0 Å². The Kier molecular flexibility index (Phi) is 4.03. The van der Waals surface area contributed by atoms with Gasteiger partial charge in [-0.05, 0) is 58.7 Å². The van der Waals surface area contributed by atoms with Crippen LogP contribution >= 0.6 is 0 Å². The highest BCUT2D eigenvalue weighted by Crippen LogP contribution is 2.38. The number of carbonyl (C=O) groups excluding carboxylic acids is 1. The normalized spacial score (nSPS) is 24.6. The summed E-state index contributed by atoms with van der Waals surface area (Å²) in [5.41, 5.74) is 1.01. The van der Waals surface area contributed by atoms with Gasteiger partial charge in [0, 0.05) is 0 Å². The Labute approximate surface area is 105 Å².